The van der Waals surface area contributed by atoms with Crippen LogP contribution in [0.5, 0.6) is 0 Å². The molecule has 0 radical (unpaired) electrons. The van der Waals surface area contributed by atoms with Gasteiger partial charge in [-0.25, -0.2) is 9.78 Å². The van der Waals surface area contributed by atoms with E-state index in [-0.39, 0.29) is 11.9 Å². The zero-order valence-electron chi connectivity index (χ0n) is 14.8. The van der Waals surface area contributed by atoms with Crippen LogP contribution < -0.4 is 10.6 Å². The summed E-state index contributed by atoms with van der Waals surface area (Å²) in [5, 5.41) is 5.52. The number of para-hydroxylation sites is 1. The highest BCUT2D eigenvalue weighted by Crippen LogP contribution is 2.22. The molecule has 1 aliphatic rings. The summed E-state index contributed by atoms with van der Waals surface area (Å²) in [5.74, 6) is -1.34. The van der Waals surface area contributed by atoms with Crippen molar-refractivity contribution in [3.63, 3.8) is 0 Å². The quantitative estimate of drug-likeness (QED) is 0.626. The molecule has 0 atom stereocenters. The van der Waals surface area contributed by atoms with E-state index in [0.29, 0.717) is 16.8 Å². The van der Waals surface area contributed by atoms with Crippen LogP contribution in [0, 0.1) is 0 Å². The first-order chi connectivity index (χ1) is 13.6. The van der Waals surface area contributed by atoms with Crippen LogP contribution in [0.2, 0.25) is 0 Å². The number of carbonyl (C=O) groups is 3. The highest BCUT2D eigenvalue weighted by atomic mass is 32.1. The summed E-state index contributed by atoms with van der Waals surface area (Å²) >= 11 is 1.42. The van der Waals surface area contributed by atoms with E-state index in [1.54, 1.807) is 48.0 Å². The number of ether oxygens (including phenoxy) is 1. The van der Waals surface area contributed by atoms with Gasteiger partial charge in [-0.1, -0.05) is 12.1 Å². The van der Waals surface area contributed by atoms with Gasteiger partial charge in [-0.05, 0) is 43.2 Å². The van der Waals surface area contributed by atoms with Crippen LogP contribution in [-0.4, -0.2) is 35.4 Å². The van der Waals surface area contributed by atoms with E-state index in [1.165, 1.54) is 11.3 Å². The fourth-order valence-corrected chi connectivity index (χ4v) is 3.38. The third-order valence-electron chi connectivity index (χ3n) is 4.26. The Labute approximate surface area is 164 Å². The molecular formula is C20H17N3O4S. The maximum Gasteiger partial charge on any atom is 0.338 e. The van der Waals surface area contributed by atoms with Crippen molar-refractivity contribution in [2.75, 3.05) is 11.9 Å². The molecule has 2 N–H and O–H groups in total. The molecular weight excluding hydrogens is 378 g/mol. The molecule has 1 heterocycles. The average Bonchev–Trinajstić information content (AvgIpc) is 3.39. The van der Waals surface area contributed by atoms with Crippen LogP contribution in [0.15, 0.2) is 48.0 Å². The Morgan fingerprint density at radius 3 is 2.79 bits per heavy atom. The number of nitrogens with one attached hydrogen (secondary N) is 2. The lowest BCUT2D eigenvalue weighted by Gasteiger charge is -2.11. The second-order valence-corrected chi connectivity index (χ2v) is 7.34. The van der Waals surface area contributed by atoms with Gasteiger partial charge < -0.3 is 15.4 Å². The molecule has 2 amide bonds. The van der Waals surface area contributed by atoms with E-state index < -0.39 is 18.5 Å². The summed E-state index contributed by atoms with van der Waals surface area (Å²) in [4.78, 5) is 40.8. The van der Waals surface area contributed by atoms with Crippen LogP contribution in [0.3, 0.4) is 0 Å². The minimum Gasteiger partial charge on any atom is -0.452 e. The van der Waals surface area contributed by atoms with Crippen molar-refractivity contribution in [1.29, 1.82) is 0 Å². The lowest BCUT2D eigenvalue weighted by molar-refractivity contribution is -0.119. The van der Waals surface area contributed by atoms with Crippen molar-refractivity contribution >= 4 is 45.0 Å². The van der Waals surface area contributed by atoms with Crippen LogP contribution >= 0.6 is 11.3 Å². The molecule has 1 aromatic heterocycles. The predicted molar refractivity (Wildman–Crippen MR) is 105 cm³/mol. The van der Waals surface area contributed by atoms with Gasteiger partial charge in [0.05, 0.1) is 32.5 Å². The molecule has 1 aliphatic carbocycles. The minimum atomic E-state index is -0.592. The fourth-order valence-electron chi connectivity index (χ4n) is 2.66. The monoisotopic (exact) mass is 395 g/mol. The van der Waals surface area contributed by atoms with Crippen molar-refractivity contribution in [3.8, 4) is 0 Å². The smallest absolute Gasteiger partial charge is 0.338 e. The topological polar surface area (TPSA) is 97.4 Å². The number of thiazole rings is 1. The molecule has 0 aliphatic heterocycles. The van der Waals surface area contributed by atoms with Crippen molar-refractivity contribution in [3.05, 3.63) is 59.1 Å². The molecule has 28 heavy (non-hydrogen) atoms. The first-order valence-corrected chi connectivity index (χ1v) is 9.68. The number of fused-ring (bicyclic) bond motifs is 1. The Morgan fingerprint density at radius 1 is 1.14 bits per heavy atom. The normalized spacial score (nSPS) is 13.1. The van der Waals surface area contributed by atoms with Crippen LogP contribution in [0.4, 0.5) is 5.69 Å². The van der Waals surface area contributed by atoms with Crippen molar-refractivity contribution < 1.29 is 19.1 Å². The molecule has 0 bridgehead atoms. The van der Waals surface area contributed by atoms with Gasteiger partial charge in [-0.2, -0.15) is 0 Å². The SMILES string of the molecule is O=C(COC(=O)c1ccc2ncsc2c1)Nc1ccccc1C(=O)NC1CC1. The Bertz CT molecular complexity index is 1060. The highest BCUT2D eigenvalue weighted by Gasteiger charge is 2.25. The lowest BCUT2D eigenvalue weighted by atomic mass is 10.1. The molecule has 2 aromatic carbocycles. The number of benzene rings is 2. The van der Waals surface area contributed by atoms with Gasteiger partial charge in [0.1, 0.15) is 0 Å². The van der Waals surface area contributed by atoms with E-state index in [1.807, 2.05) is 0 Å². The number of hydrogen-bond donors (Lipinski definition) is 2. The van der Waals surface area contributed by atoms with Crippen molar-refractivity contribution in [1.82, 2.24) is 10.3 Å². The molecule has 4 rings (SSSR count). The Morgan fingerprint density at radius 2 is 1.96 bits per heavy atom. The zero-order valence-corrected chi connectivity index (χ0v) is 15.6. The maximum absolute atomic E-state index is 12.3. The number of anilines is 1. The third-order valence-corrected chi connectivity index (χ3v) is 5.05. The second-order valence-electron chi connectivity index (χ2n) is 6.45. The first kappa shape index (κ1) is 18.1. The Kier molecular flexibility index (Phi) is 5.03. The summed E-state index contributed by atoms with van der Waals surface area (Å²) < 4.78 is 5.97. The largest absolute Gasteiger partial charge is 0.452 e. The maximum atomic E-state index is 12.3. The van der Waals surface area contributed by atoms with Gasteiger partial charge >= 0.3 is 5.97 Å². The van der Waals surface area contributed by atoms with Gasteiger partial charge in [-0.15, -0.1) is 11.3 Å². The Hall–Kier alpha value is -3.26. The van der Waals surface area contributed by atoms with E-state index in [2.05, 4.69) is 15.6 Å². The average molecular weight is 395 g/mol. The summed E-state index contributed by atoms with van der Waals surface area (Å²) in [6.07, 6.45) is 1.95. The van der Waals surface area contributed by atoms with Crippen LogP contribution in [0.1, 0.15) is 33.6 Å². The molecule has 8 heteroatoms. The van der Waals surface area contributed by atoms with Gasteiger partial charge in [-0.3, -0.25) is 9.59 Å². The Balaban J connectivity index is 1.36. The van der Waals surface area contributed by atoms with E-state index >= 15 is 0 Å². The summed E-state index contributed by atoms with van der Waals surface area (Å²) in [7, 11) is 0. The zero-order chi connectivity index (χ0) is 19.5. The first-order valence-electron chi connectivity index (χ1n) is 8.80. The standard InChI is InChI=1S/C20H17N3O4S/c24-18(10-27-20(26)12-5-8-16-17(9-12)28-11-21-16)23-15-4-2-1-3-14(15)19(25)22-13-6-7-13/h1-5,8-9,11,13H,6-7,10H2,(H,22,25)(H,23,24). The van der Waals surface area contributed by atoms with Crippen LogP contribution in [0.25, 0.3) is 10.2 Å². The molecule has 1 fully saturated rings. The highest BCUT2D eigenvalue weighted by molar-refractivity contribution is 7.16. The number of amides is 2. The van der Waals surface area contributed by atoms with Crippen molar-refractivity contribution in [2.45, 2.75) is 18.9 Å². The summed E-state index contributed by atoms with van der Waals surface area (Å²) in [6.45, 7) is -0.446. The summed E-state index contributed by atoms with van der Waals surface area (Å²) in [5.41, 5.74) is 3.62. The molecule has 1 saturated carbocycles. The van der Waals surface area contributed by atoms with Crippen molar-refractivity contribution in [2.24, 2.45) is 0 Å². The van der Waals surface area contributed by atoms with Gasteiger partial charge in [0, 0.05) is 6.04 Å². The molecule has 142 valence electrons. The molecule has 0 spiro atoms. The number of esters is 1. The van der Waals surface area contributed by atoms with E-state index in [9.17, 15) is 14.4 Å². The van der Waals surface area contributed by atoms with Gasteiger partial charge in [0.25, 0.3) is 11.8 Å². The van der Waals surface area contributed by atoms with Crippen LogP contribution in [-0.2, 0) is 9.53 Å². The number of aromatic nitrogens is 1. The number of hydrogen-bond acceptors (Lipinski definition) is 6. The van der Waals surface area contributed by atoms with E-state index in [0.717, 1.165) is 23.1 Å². The molecule has 0 unspecified atom stereocenters. The molecule has 3 aromatic rings. The minimum absolute atomic E-state index is 0.216. The fraction of sp³-hybridized carbons (Fsp3) is 0.200. The number of nitrogens with zero attached hydrogens (tertiary/aromatic N) is 1. The summed E-state index contributed by atoms with van der Waals surface area (Å²) in [6, 6.07) is 12.0. The second kappa shape index (κ2) is 7.77. The van der Waals surface area contributed by atoms with E-state index in [4.69, 9.17) is 4.74 Å². The van der Waals surface area contributed by atoms with Gasteiger partial charge in [0.2, 0.25) is 0 Å². The molecule has 0 saturated heterocycles. The number of rotatable bonds is 6. The molecule has 7 nitrogen and oxygen atoms in total. The lowest BCUT2D eigenvalue weighted by Crippen LogP contribution is -2.28. The third kappa shape index (κ3) is 4.17. The van der Waals surface area contributed by atoms with Gasteiger partial charge in [0.15, 0.2) is 6.61 Å². The number of carbonyl (C=O) groups excluding carboxylic acids is 3. The predicted octanol–water partition coefficient (Wildman–Crippen LogP) is 2.98.